The molecule has 20 heavy (non-hydrogen) atoms. The average molecular weight is 335 g/mol. The zero-order valence-electron chi connectivity index (χ0n) is 11.8. The number of aliphatic hydroxyl groups is 1. The van der Waals surface area contributed by atoms with Crippen LogP contribution in [0.3, 0.4) is 0 Å². The maximum Gasteiger partial charge on any atom is 0.125 e. The number of aryl methyl sites for hydroxylation is 1. The van der Waals surface area contributed by atoms with Crippen LogP contribution in [0, 0.1) is 0 Å². The van der Waals surface area contributed by atoms with Crippen molar-refractivity contribution in [1.29, 1.82) is 0 Å². The summed E-state index contributed by atoms with van der Waals surface area (Å²) >= 11 is 3.41. The van der Waals surface area contributed by atoms with Crippen LogP contribution in [-0.2, 0) is 13.0 Å². The van der Waals surface area contributed by atoms with E-state index in [1.807, 2.05) is 18.2 Å². The molecule has 1 N–H and O–H groups in total. The number of aliphatic hydroxyl groups excluding tert-OH is 1. The standard InChI is InChI=1S/C17H19BrO2/c1-3-13-4-6-14(7-5-13)11-20-17-9-8-15(18)10-16(17)12(2)19/h4-10,12,19H,3,11H2,1-2H3/t12-/m1/s1. The van der Waals surface area contributed by atoms with Crippen LogP contribution in [0.4, 0.5) is 0 Å². The second-order valence-corrected chi connectivity index (χ2v) is 5.73. The van der Waals surface area contributed by atoms with E-state index >= 15 is 0 Å². The number of hydrogen-bond donors (Lipinski definition) is 1. The van der Waals surface area contributed by atoms with Crippen molar-refractivity contribution in [3.05, 3.63) is 63.6 Å². The van der Waals surface area contributed by atoms with Crippen molar-refractivity contribution < 1.29 is 9.84 Å². The number of rotatable bonds is 5. The van der Waals surface area contributed by atoms with Crippen molar-refractivity contribution in [3.63, 3.8) is 0 Å². The van der Waals surface area contributed by atoms with E-state index < -0.39 is 6.10 Å². The Labute approximate surface area is 128 Å². The van der Waals surface area contributed by atoms with Crippen LogP contribution in [0.1, 0.15) is 36.6 Å². The lowest BCUT2D eigenvalue weighted by Crippen LogP contribution is -2.01. The fourth-order valence-electron chi connectivity index (χ4n) is 2.01. The summed E-state index contributed by atoms with van der Waals surface area (Å²) in [5.41, 5.74) is 3.24. The Morgan fingerprint density at radius 3 is 2.35 bits per heavy atom. The van der Waals surface area contributed by atoms with Gasteiger partial charge >= 0.3 is 0 Å². The Bertz CT molecular complexity index is 562. The van der Waals surface area contributed by atoms with E-state index in [9.17, 15) is 5.11 Å². The van der Waals surface area contributed by atoms with E-state index in [4.69, 9.17) is 4.74 Å². The van der Waals surface area contributed by atoms with Gasteiger partial charge in [0.2, 0.25) is 0 Å². The van der Waals surface area contributed by atoms with Gasteiger partial charge in [-0.25, -0.2) is 0 Å². The first-order chi connectivity index (χ1) is 9.60. The molecule has 3 heteroatoms. The predicted molar refractivity (Wildman–Crippen MR) is 84.9 cm³/mol. The van der Waals surface area contributed by atoms with Crippen LogP contribution < -0.4 is 4.74 Å². The lowest BCUT2D eigenvalue weighted by Gasteiger charge is -2.14. The third kappa shape index (κ3) is 3.84. The third-order valence-electron chi connectivity index (χ3n) is 3.25. The first kappa shape index (κ1) is 15.1. The van der Waals surface area contributed by atoms with Gasteiger partial charge in [0.05, 0.1) is 6.10 Å². The smallest absolute Gasteiger partial charge is 0.125 e. The van der Waals surface area contributed by atoms with Crippen LogP contribution in [0.25, 0.3) is 0 Å². The Morgan fingerprint density at radius 2 is 1.75 bits per heavy atom. The first-order valence-corrected chi connectivity index (χ1v) is 7.57. The molecule has 2 aromatic rings. The highest BCUT2D eigenvalue weighted by molar-refractivity contribution is 9.10. The largest absolute Gasteiger partial charge is 0.489 e. The van der Waals surface area contributed by atoms with Gasteiger partial charge in [0, 0.05) is 10.0 Å². The van der Waals surface area contributed by atoms with E-state index in [2.05, 4.69) is 47.1 Å². The molecule has 0 unspecified atom stereocenters. The molecular weight excluding hydrogens is 316 g/mol. The van der Waals surface area contributed by atoms with E-state index in [0.29, 0.717) is 6.61 Å². The highest BCUT2D eigenvalue weighted by Crippen LogP contribution is 2.29. The zero-order chi connectivity index (χ0) is 14.5. The molecule has 2 rings (SSSR count). The Morgan fingerprint density at radius 1 is 1.10 bits per heavy atom. The van der Waals surface area contributed by atoms with E-state index in [-0.39, 0.29) is 0 Å². The van der Waals surface area contributed by atoms with E-state index in [0.717, 1.165) is 27.8 Å². The molecule has 2 nitrogen and oxygen atoms in total. The fraction of sp³-hybridized carbons (Fsp3) is 0.294. The highest BCUT2D eigenvalue weighted by atomic mass is 79.9. The lowest BCUT2D eigenvalue weighted by atomic mass is 10.1. The maximum atomic E-state index is 9.79. The number of hydrogen-bond acceptors (Lipinski definition) is 2. The molecule has 0 radical (unpaired) electrons. The van der Waals surface area contributed by atoms with Crippen LogP contribution in [-0.4, -0.2) is 5.11 Å². The molecule has 0 saturated heterocycles. The summed E-state index contributed by atoms with van der Waals surface area (Å²) in [5, 5.41) is 9.79. The minimum absolute atomic E-state index is 0.505. The van der Waals surface area contributed by atoms with Crippen molar-refractivity contribution >= 4 is 15.9 Å². The summed E-state index contributed by atoms with van der Waals surface area (Å²) in [6, 6.07) is 14.1. The van der Waals surface area contributed by atoms with Crippen LogP contribution >= 0.6 is 15.9 Å². The number of benzene rings is 2. The summed E-state index contributed by atoms with van der Waals surface area (Å²) in [5.74, 6) is 0.725. The normalized spacial score (nSPS) is 12.2. The second kappa shape index (κ2) is 6.91. The van der Waals surface area contributed by atoms with Gasteiger partial charge in [-0.05, 0) is 42.7 Å². The van der Waals surface area contributed by atoms with Crippen molar-refractivity contribution in [2.24, 2.45) is 0 Å². The molecule has 0 aliphatic rings. The molecule has 0 fully saturated rings. The zero-order valence-corrected chi connectivity index (χ0v) is 13.4. The maximum absolute atomic E-state index is 9.79. The van der Waals surface area contributed by atoms with Crippen LogP contribution in [0.2, 0.25) is 0 Å². The first-order valence-electron chi connectivity index (χ1n) is 6.78. The topological polar surface area (TPSA) is 29.5 Å². The Kier molecular flexibility index (Phi) is 5.21. The molecule has 0 heterocycles. The number of ether oxygens (including phenoxy) is 1. The van der Waals surface area contributed by atoms with Gasteiger partial charge in [0.1, 0.15) is 12.4 Å². The Hall–Kier alpha value is -1.32. The summed E-state index contributed by atoms with van der Waals surface area (Å²) in [6.45, 7) is 4.39. The summed E-state index contributed by atoms with van der Waals surface area (Å²) < 4.78 is 6.77. The molecule has 0 spiro atoms. The van der Waals surface area contributed by atoms with Gasteiger partial charge < -0.3 is 9.84 Å². The van der Waals surface area contributed by atoms with Crippen LogP contribution in [0.15, 0.2) is 46.9 Å². The molecule has 106 valence electrons. The van der Waals surface area contributed by atoms with Gasteiger partial charge in [-0.1, -0.05) is 47.1 Å². The van der Waals surface area contributed by atoms with E-state index in [1.54, 1.807) is 6.92 Å². The summed E-state index contributed by atoms with van der Waals surface area (Å²) in [4.78, 5) is 0. The number of halogens is 1. The minimum atomic E-state index is -0.551. The van der Waals surface area contributed by atoms with Crippen molar-refractivity contribution in [3.8, 4) is 5.75 Å². The molecule has 1 atom stereocenters. The van der Waals surface area contributed by atoms with Crippen molar-refractivity contribution in [2.75, 3.05) is 0 Å². The van der Waals surface area contributed by atoms with Crippen molar-refractivity contribution in [2.45, 2.75) is 33.0 Å². The summed E-state index contributed by atoms with van der Waals surface area (Å²) in [6.07, 6.45) is 0.491. The third-order valence-corrected chi connectivity index (χ3v) is 3.74. The van der Waals surface area contributed by atoms with E-state index in [1.165, 1.54) is 5.56 Å². The van der Waals surface area contributed by atoms with Gasteiger partial charge in [0.15, 0.2) is 0 Å². The average Bonchev–Trinajstić information content (AvgIpc) is 2.46. The minimum Gasteiger partial charge on any atom is -0.489 e. The fourth-order valence-corrected chi connectivity index (χ4v) is 2.39. The second-order valence-electron chi connectivity index (χ2n) is 4.82. The highest BCUT2D eigenvalue weighted by Gasteiger charge is 2.10. The quantitative estimate of drug-likeness (QED) is 0.862. The predicted octanol–water partition coefficient (Wildman–Crippen LogP) is 4.64. The molecule has 0 bridgehead atoms. The molecule has 0 saturated carbocycles. The summed E-state index contributed by atoms with van der Waals surface area (Å²) in [7, 11) is 0. The molecule has 0 aromatic heterocycles. The molecule has 0 aliphatic carbocycles. The molecular formula is C17H19BrO2. The monoisotopic (exact) mass is 334 g/mol. The van der Waals surface area contributed by atoms with Gasteiger partial charge in [0.25, 0.3) is 0 Å². The Balaban J connectivity index is 2.10. The SMILES string of the molecule is CCc1ccc(COc2ccc(Br)cc2[C@@H](C)O)cc1. The van der Waals surface area contributed by atoms with Gasteiger partial charge in [-0.2, -0.15) is 0 Å². The van der Waals surface area contributed by atoms with Crippen LogP contribution in [0.5, 0.6) is 5.75 Å². The molecule has 2 aromatic carbocycles. The van der Waals surface area contributed by atoms with Gasteiger partial charge in [-0.15, -0.1) is 0 Å². The van der Waals surface area contributed by atoms with Gasteiger partial charge in [-0.3, -0.25) is 0 Å². The molecule has 0 aliphatic heterocycles. The lowest BCUT2D eigenvalue weighted by molar-refractivity contribution is 0.190. The molecule has 0 amide bonds. The van der Waals surface area contributed by atoms with Crippen molar-refractivity contribution in [1.82, 2.24) is 0 Å².